The van der Waals surface area contributed by atoms with Crippen molar-refractivity contribution in [3.63, 3.8) is 0 Å². The number of aromatic nitrogens is 2. The molecule has 2 aliphatic rings. The molecule has 2 aromatic rings. The minimum absolute atomic E-state index is 0.0148. The normalized spacial score (nSPS) is 20.7. The Labute approximate surface area is 137 Å². The third kappa shape index (κ3) is 1.95. The van der Waals surface area contributed by atoms with E-state index in [2.05, 4.69) is 9.88 Å². The number of hydrogen-bond acceptors (Lipinski definition) is 5. The molecule has 1 atom stereocenters. The lowest BCUT2D eigenvalue weighted by Crippen LogP contribution is -2.54. The maximum atomic E-state index is 14.7. The number of benzene rings is 1. The van der Waals surface area contributed by atoms with Crippen LogP contribution >= 0.6 is 0 Å². The number of ether oxygens (including phenoxy) is 1. The fraction of sp³-hybridized carbons (Fsp3) is 0.500. The number of piperazine rings is 1. The molecule has 6 nitrogen and oxygen atoms in total. The van der Waals surface area contributed by atoms with Crippen LogP contribution in [-0.2, 0) is 7.05 Å². The van der Waals surface area contributed by atoms with Crippen LogP contribution in [-0.4, -0.2) is 53.8 Å². The first-order valence-electron chi connectivity index (χ1n) is 7.86. The van der Waals surface area contributed by atoms with Crippen molar-refractivity contribution >= 4 is 16.7 Å². The highest BCUT2D eigenvalue weighted by atomic mass is 19.1. The molecule has 0 spiro atoms. The van der Waals surface area contributed by atoms with Gasteiger partial charge in [0.15, 0.2) is 17.4 Å². The molecule has 1 saturated heterocycles. The van der Waals surface area contributed by atoms with E-state index in [9.17, 15) is 13.6 Å². The molecule has 1 fully saturated rings. The van der Waals surface area contributed by atoms with Crippen molar-refractivity contribution in [3.05, 3.63) is 27.7 Å². The van der Waals surface area contributed by atoms with Crippen LogP contribution < -0.4 is 15.3 Å². The molecule has 1 aromatic heterocycles. The van der Waals surface area contributed by atoms with Gasteiger partial charge < -0.3 is 14.5 Å². The number of aryl methyl sites for hydroxylation is 1. The van der Waals surface area contributed by atoms with Crippen LogP contribution in [0.15, 0.2) is 4.79 Å². The third-order valence-electron chi connectivity index (χ3n) is 4.96. The number of nitrogens with zero attached hydrogens (tertiary/aromatic N) is 4. The number of hydrogen-bond donors (Lipinski definition) is 0. The summed E-state index contributed by atoms with van der Waals surface area (Å²) in [6.07, 6.45) is 0. The fourth-order valence-electron chi connectivity index (χ4n) is 3.57. The Morgan fingerprint density at radius 1 is 1.21 bits per heavy atom. The van der Waals surface area contributed by atoms with Crippen LogP contribution in [0.25, 0.3) is 10.9 Å². The Morgan fingerprint density at radius 2 is 1.96 bits per heavy atom. The summed E-state index contributed by atoms with van der Waals surface area (Å²) in [5, 5.41) is 0.241. The molecule has 1 aromatic carbocycles. The van der Waals surface area contributed by atoms with E-state index in [-0.39, 0.29) is 34.9 Å². The molecule has 1 unspecified atom stereocenters. The van der Waals surface area contributed by atoms with Crippen molar-refractivity contribution in [3.8, 4) is 5.75 Å². The fourth-order valence-corrected chi connectivity index (χ4v) is 3.57. The largest absolute Gasteiger partial charge is 0.487 e. The highest BCUT2D eigenvalue weighted by Gasteiger charge is 2.35. The lowest BCUT2D eigenvalue weighted by atomic mass is 10.1. The second kappa shape index (κ2) is 5.14. The van der Waals surface area contributed by atoms with Gasteiger partial charge in [-0.15, -0.1) is 0 Å². The number of anilines is 1. The van der Waals surface area contributed by atoms with Crippen molar-refractivity contribution in [2.75, 3.05) is 38.2 Å². The predicted molar refractivity (Wildman–Crippen MR) is 85.8 cm³/mol. The molecule has 2 aliphatic heterocycles. The Hall–Kier alpha value is -2.22. The molecule has 128 valence electrons. The summed E-state index contributed by atoms with van der Waals surface area (Å²) in [7, 11) is 3.43. The smallest absolute Gasteiger partial charge is 0.349 e. The van der Waals surface area contributed by atoms with Crippen LogP contribution in [0.3, 0.4) is 0 Å². The maximum Gasteiger partial charge on any atom is 0.349 e. The van der Waals surface area contributed by atoms with Gasteiger partial charge in [0.2, 0.25) is 0 Å². The number of likely N-dealkylation sites (N-methyl/N-ethyl adjacent to an activating group) is 1. The standard InChI is InChI=1S/C16H18F2N4O2/c1-8-11(17)13-10-14(12(8)18)24-7-9-6-20(2)4-5-22(9)15(10)19-16(23)21(13)3/h9H,4-7H2,1-3H3. The summed E-state index contributed by atoms with van der Waals surface area (Å²) in [5.41, 5.74) is -0.673. The average molecular weight is 336 g/mol. The van der Waals surface area contributed by atoms with E-state index >= 15 is 0 Å². The molecule has 8 heteroatoms. The number of rotatable bonds is 0. The second-order valence-corrected chi connectivity index (χ2v) is 6.50. The van der Waals surface area contributed by atoms with Crippen molar-refractivity contribution in [1.82, 2.24) is 14.5 Å². The summed E-state index contributed by atoms with van der Waals surface area (Å²) in [6.45, 7) is 3.71. The van der Waals surface area contributed by atoms with Gasteiger partial charge in [0.25, 0.3) is 0 Å². The minimum Gasteiger partial charge on any atom is -0.487 e. The highest BCUT2D eigenvalue weighted by molar-refractivity contribution is 5.97. The van der Waals surface area contributed by atoms with Gasteiger partial charge >= 0.3 is 5.69 Å². The van der Waals surface area contributed by atoms with Gasteiger partial charge in [0.1, 0.15) is 12.4 Å². The van der Waals surface area contributed by atoms with Gasteiger partial charge in [-0.3, -0.25) is 4.57 Å². The maximum absolute atomic E-state index is 14.7. The van der Waals surface area contributed by atoms with Gasteiger partial charge in [0.05, 0.1) is 16.9 Å². The van der Waals surface area contributed by atoms with E-state index in [1.807, 2.05) is 11.9 Å². The van der Waals surface area contributed by atoms with E-state index in [0.29, 0.717) is 18.9 Å². The van der Waals surface area contributed by atoms with Gasteiger partial charge in [-0.2, -0.15) is 4.98 Å². The van der Waals surface area contributed by atoms with Crippen molar-refractivity contribution in [1.29, 1.82) is 0 Å². The van der Waals surface area contributed by atoms with Crippen molar-refractivity contribution in [2.24, 2.45) is 7.05 Å². The van der Waals surface area contributed by atoms with E-state index in [1.165, 1.54) is 14.0 Å². The lowest BCUT2D eigenvalue weighted by molar-refractivity contribution is 0.204. The monoisotopic (exact) mass is 336 g/mol. The molecule has 0 bridgehead atoms. The Morgan fingerprint density at radius 3 is 2.71 bits per heavy atom. The Balaban J connectivity index is 2.11. The molecule has 0 N–H and O–H groups in total. The zero-order valence-corrected chi connectivity index (χ0v) is 13.8. The molecule has 4 rings (SSSR count). The summed E-state index contributed by atoms with van der Waals surface area (Å²) < 4.78 is 36.2. The van der Waals surface area contributed by atoms with Crippen LogP contribution in [0, 0.1) is 18.6 Å². The lowest BCUT2D eigenvalue weighted by Gasteiger charge is -2.39. The third-order valence-corrected chi connectivity index (χ3v) is 4.96. The first kappa shape index (κ1) is 15.3. The van der Waals surface area contributed by atoms with Gasteiger partial charge in [-0.1, -0.05) is 0 Å². The zero-order chi connectivity index (χ0) is 17.2. The molecular weight excluding hydrogens is 318 g/mol. The van der Waals surface area contributed by atoms with Gasteiger partial charge in [-0.25, -0.2) is 13.6 Å². The number of halogens is 2. The zero-order valence-electron chi connectivity index (χ0n) is 13.8. The van der Waals surface area contributed by atoms with Crippen LogP contribution in [0.1, 0.15) is 5.56 Å². The molecule has 0 radical (unpaired) electrons. The first-order valence-corrected chi connectivity index (χ1v) is 7.86. The highest BCUT2D eigenvalue weighted by Crippen LogP contribution is 2.40. The first-order chi connectivity index (χ1) is 11.4. The summed E-state index contributed by atoms with van der Waals surface area (Å²) in [6, 6.07) is -0.0678. The van der Waals surface area contributed by atoms with Crippen molar-refractivity contribution in [2.45, 2.75) is 13.0 Å². The van der Waals surface area contributed by atoms with Gasteiger partial charge in [0, 0.05) is 32.2 Å². The molecular formula is C16H18F2N4O2. The summed E-state index contributed by atoms with van der Waals surface area (Å²) in [5.74, 6) is -1.17. The van der Waals surface area contributed by atoms with Crippen LogP contribution in [0.2, 0.25) is 0 Å². The molecule has 0 amide bonds. The van der Waals surface area contributed by atoms with Crippen LogP contribution in [0.4, 0.5) is 14.6 Å². The van der Waals surface area contributed by atoms with Crippen LogP contribution in [0.5, 0.6) is 5.75 Å². The second-order valence-electron chi connectivity index (χ2n) is 6.50. The van der Waals surface area contributed by atoms with E-state index in [4.69, 9.17) is 4.74 Å². The van der Waals surface area contributed by atoms with E-state index < -0.39 is 17.3 Å². The van der Waals surface area contributed by atoms with E-state index in [1.54, 1.807) is 0 Å². The van der Waals surface area contributed by atoms with Gasteiger partial charge in [-0.05, 0) is 14.0 Å². The SMILES string of the molecule is Cc1c(F)c2c3c(nc(=O)n(C)c3c1F)N1CCN(C)CC1CO2. The molecule has 24 heavy (non-hydrogen) atoms. The molecule has 0 aliphatic carbocycles. The van der Waals surface area contributed by atoms with Crippen molar-refractivity contribution < 1.29 is 13.5 Å². The molecule has 3 heterocycles. The Bertz CT molecular complexity index is 912. The Kier molecular flexibility index (Phi) is 3.28. The molecule has 0 saturated carbocycles. The average Bonchev–Trinajstić information content (AvgIpc) is 2.70. The summed E-state index contributed by atoms with van der Waals surface area (Å²) >= 11 is 0. The minimum atomic E-state index is -0.745. The predicted octanol–water partition coefficient (Wildman–Crippen LogP) is 1.03. The number of fused-ring (bicyclic) bond motifs is 2. The van der Waals surface area contributed by atoms with E-state index in [0.717, 1.165) is 11.1 Å². The summed E-state index contributed by atoms with van der Waals surface area (Å²) in [4.78, 5) is 20.5. The quantitative estimate of drug-likeness (QED) is 0.719. The topological polar surface area (TPSA) is 50.6 Å².